The van der Waals surface area contributed by atoms with Gasteiger partial charge in [0.2, 0.25) is 0 Å². The smallest absolute Gasteiger partial charge is 0.408 e. The van der Waals surface area contributed by atoms with Crippen LogP contribution < -0.4 is 10.6 Å². The SMILES string of the molecule is CCC(CC)(CNC(C)C(C)C)NC(=O)OC(C)(C)C. The van der Waals surface area contributed by atoms with Gasteiger partial charge in [0.25, 0.3) is 0 Å². The number of rotatable bonds is 7. The van der Waals surface area contributed by atoms with Crippen molar-refractivity contribution in [1.82, 2.24) is 10.6 Å². The summed E-state index contributed by atoms with van der Waals surface area (Å²) in [7, 11) is 0. The summed E-state index contributed by atoms with van der Waals surface area (Å²) >= 11 is 0. The summed E-state index contributed by atoms with van der Waals surface area (Å²) in [5.41, 5.74) is -0.707. The lowest BCUT2D eigenvalue weighted by atomic mass is 9.92. The normalized spacial score (nSPS) is 14.2. The zero-order chi connectivity index (χ0) is 16.0. The highest BCUT2D eigenvalue weighted by molar-refractivity contribution is 5.68. The fourth-order valence-electron chi connectivity index (χ4n) is 1.83. The Morgan fingerprint density at radius 3 is 1.95 bits per heavy atom. The number of carbonyl (C=O) groups is 1. The number of ether oxygens (including phenoxy) is 1. The third kappa shape index (κ3) is 7.13. The van der Waals surface area contributed by atoms with Crippen LogP contribution >= 0.6 is 0 Å². The molecule has 0 aromatic rings. The minimum atomic E-state index is -0.462. The first kappa shape index (κ1) is 19.2. The van der Waals surface area contributed by atoms with E-state index in [-0.39, 0.29) is 11.6 Å². The van der Waals surface area contributed by atoms with Crippen molar-refractivity contribution < 1.29 is 9.53 Å². The monoisotopic (exact) mass is 286 g/mol. The van der Waals surface area contributed by atoms with E-state index in [9.17, 15) is 4.79 Å². The van der Waals surface area contributed by atoms with Gasteiger partial charge in [0.15, 0.2) is 0 Å². The van der Waals surface area contributed by atoms with E-state index in [1.165, 1.54) is 0 Å². The molecule has 120 valence electrons. The van der Waals surface area contributed by atoms with Gasteiger partial charge in [0.05, 0.1) is 5.54 Å². The van der Waals surface area contributed by atoms with Gasteiger partial charge in [-0.25, -0.2) is 4.79 Å². The molecule has 0 heterocycles. The molecule has 2 N–H and O–H groups in total. The molecular weight excluding hydrogens is 252 g/mol. The molecule has 1 unspecified atom stereocenters. The highest BCUT2D eigenvalue weighted by atomic mass is 16.6. The van der Waals surface area contributed by atoms with E-state index < -0.39 is 5.60 Å². The summed E-state index contributed by atoms with van der Waals surface area (Å²) in [5, 5.41) is 6.58. The van der Waals surface area contributed by atoms with Crippen molar-refractivity contribution in [3.8, 4) is 0 Å². The molecule has 0 aromatic heterocycles. The van der Waals surface area contributed by atoms with Crippen LogP contribution in [-0.2, 0) is 4.74 Å². The van der Waals surface area contributed by atoms with Crippen LogP contribution in [0.2, 0.25) is 0 Å². The minimum Gasteiger partial charge on any atom is -0.444 e. The predicted molar refractivity (Wildman–Crippen MR) is 85.0 cm³/mol. The summed E-state index contributed by atoms with van der Waals surface area (Å²) in [4.78, 5) is 12.0. The van der Waals surface area contributed by atoms with E-state index in [1.54, 1.807) is 0 Å². The van der Waals surface area contributed by atoms with Crippen molar-refractivity contribution >= 4 is 6.09 Å². The Bertz CT molecular complexity index is 291. The predicted octanol–water partition coefficient (Wildman–Crippen LogP) is 3.70. The van der Waals surface area contributed by atoms with Gasteiger partial charge >= 0.3 is 6.09 Å². The molecule has 0 aliphatic rings. The van der Waals surface area contributed by atoms with Gasteiger partial charge in [-0.05, 0) is 46.5 Å². The zero-order valence-electron chi connectivity index (χ0n) is 14.6. The average Bonchev–Trinajstić information content (AvgIpc) is 2.31. The Morgan fingerprint density at radius 2 is 1.60 bits per heavy atom. The Hall–Kier alpha value is -0.770. The van der Waals surface area contributed by atoms with Crippen LogP contribution in [0, 0.1) is 5.92 Å². The minimum absolute atomic E-state index is 0.245. The van der Waals surface area contributed by atoms with E-state index in [0.29, 0.717) is 12.0 Å². The molecule has 0 fully saturated rings. The maximum Gasteiger partial charge on any atom is 0.408 e. The summed E-state index contributed by atoms with van der Waals surface area (Å²) in [5.74, 6) is 0.572. The van der Waals surface area contributed by atoms with Crippen molar-refractivity contribution in [2.24, 2.45) is 5.92 Å². The van der Waals surface area contributed by atoms with Crippen LogP contribution in [-0.4, -0.2) is 29.8 Å². The van der Waals surface area contributed by atoms with Gasteiger partial charge in [-0.3, -0.25) is 0 Å². The van der Waals surface area contributed by atoms with Crippen LogP contribution in [0.15, 0.2) is 0 Å². The molecule has 1 amide bonds. The third-order valence-electron chi connectivity index (χ3n) is 3.88. The Morgan fingerprint density at radius 1 is 1.10 bits per heavy atom. The molecular formula is C16H34N2O2. The van der Waals surface area contributed by atoms with E-state index in [2.05, 4.69) is 45.3 Å². The first-order valence-electron chi connectivity index (χ1n) is 7.79. The first-order valence-corrected chi connectivity index (χ1v) is 7.79. The summed E-state index contributed by atoms with van der Waals surface area (Å²) in [6, 6.07) is 0.424. The number of alkyl carbamates (subject to hydrolysis) is 1. The molecule has 4 nitrogen and oxygen atoms in total. The van der Waals surface area contributed by atoms with Gasteiger partial charge in [-0.2, -0.15) is 0 Å². The molecule has 0 spiro atoms. The maximum absolute atomic E-state index is 12.0. The molecule has 0 bridgehead atoms. The van der Waals surface area contributed by atoms with Crippen LogP contribution in [0.4, 0.5) is 4.79 Å². The van der Waals surface area contributed by atoms with Gasteiger partial charge in [0, 0.05) is 12.6 Å². The van der Waals surface area contributed by atoms with Crippen molar-refractivity contribution in [3.63, 3.8) is 0 Å². The van der Waals surface area contributed by atoms with Gasteiger partial charge < -0.3 is 15.4 Å². The second kappa shape index (κ2) is 7.87. The molecule has 0 aliphatic carbocycles. The quantitative estimate of drug-likeness (QED) is 0.750. The number of hydrogen-bond acceptors (Lipinski definition) is 3. The number of amides is 1. The lowest BCUT2D eigenvalue weighted by molar-refractivity contribution is 0.0443. The van der Waals surface area contributed by atoms with E-state index in [4.69, 9.17) is 4.74 Å². The number of carbonyl (C=O) groups excluding carboxylic acids is 1. The number of hydrogen-bond donors (Lipinski definition) is 2. The van der Waals surface area contributed by atoms with Crippen LogP contribution in [0.1, 0.15) is 68.2 Å². The van der Waals surface area contributed by atoms with Crippen molar-refractivity contribution in [2.75, 3.05) is 6.54 Å². The molecule has 0 rings (SSSR count). The summed E-state index contributed by atoms with van der Waals surface area (Å²) in [6.45, 7) is 17.2. The number of nitrogens with one attached hydrogen (secondary N) is 2. The lowest BCUT2D eigenvalue weighted by Crippen LogP contribution is -2.56. The summed E-state index contributed by atoms with van der Waals surface area (Å²) < 4.78 is 5.37. The highest BCUT2D eigenvalue weighted by Crippen LogP contribution is 2.17. The Balaban J connectivity index is 4.64. The van der Waals surface area contributed by atoms with Crippen molar-refractivity contribution in [3.05, 3.63) is 0 Å². The second-order valence-corrected chi connectivity index (χ2v) is 7.03. The fraction of sp³-hybridized carbons (Fsp3) is 0.938. The molecule has 0 saturated heterocycles. The van der Waals surface area contributed by atoms with Crippen LogP contribution in [0.25, 0.3) is 0 Å². The fourth-order valence-corrected chi connectivity index (χ4v) is 1.83. The van der Waals surface area contributed by atoms with Crippen molar-refractivity contribution in [1.29, 1.82) is 0 Å². The van der Waals surface area contributed by atoms with E-state index in [1.807, 2.05) is 20.8 Å². The standard InChI is InChI=1S/C16H34N2O2/c1-9-16(10-2,11-17-13(5)12(3)4)18-14(19)20-15(6,7)8/h12-13,17H,9-11H2,1-8H3,(H,18,19). The van der Waals surface area contributed by atoms with Gasteiger partial charge in [-0.15, -0.1) is 0 Å². The third-order valence-corrected chi connectivity index (χ3v) is 3.88. The van der Waals surface area contributed by atoms with Crippen LogP contribution in [0.5, 0.6) is 0 Å². The van der Waals surface area contributed by atoms with E-state index in [0.717, 1.165) is 19.4 Å². The topological polar surface area (TPSA) is 50.4 Å². The maximum atomic E-state index is 12.0. The first-order chi connectivity index (χ1) is 9.05. The van der Waals surface area contributed by atoms with Crippen molar-refractivity contribution in [2.45, 2.75) is 85.4 Å². The van der Waals surface area contributed by atoms with Gasteiger partial charge in [-0.1, -0.05) is 27.7 Å². The lowest BCUT2D eigenvalue weighted by Gasteiger charge is -2.35. The molecule has 1 atom stereocenters. The largest absolute Gasteiger partial charge is 0.444 e. The molecule has 4 heteroatoms. The molecule has 20 heavy (non-hydrogen) atoms. The molecule has 0 aliphatic heterocycles. The Kier molecular flexibility index (Phi) is 7.56. The molecule has 0 radical (unpaired) electrons. The van der Waals surface area contributed by atoms with Crippen LogP contribution in [0.3, 0.4) is 0 Å². The molecule has 0 aromatic carbocycles. The molecule has 0 saturated carbocycles. The zero-order valence-corrected chi connectivity index (χ0v) is 14.6. The Labute approximate surface area is 125 Å². The van der Waals surface area contributed by atoms with Gasteiger partial charge in [0.1, 0.15) is 5.60 Å². The summed E-state index contributed by atoms with van der Waals surface area (Å²) in [6.07, 6.45) is 1.42. The average molecular weight is 286 g/mol. The second-order valence-electron chi connectivity index (χ2n) is 7.03. The highest BCUT2D eigenvalue weighted by Gasteiger charge is 2.30. The van der Waals surface area contributed by atoms with E-state index >= 15 is 0 Å².